The van der Waals surface area contributed by atoms with E-state index in [9.17, 15) is 19.8 Å². The van der Waals surface area contributed by atoms with E-state index in [4.69, 9.17) is 0 Å². The molecule has 3 saturated carbocycles. The lowest BCUT2D eigenvalue weighted by molar-refractivity contribution is -0.157. The van der Waals surface area contributed by atoms with Crippen LogP contribution in [0.4, 0.5) is 0 Å². The minimum absolute atomic E-state index is 0.136. The third-order valence-corrected chi connectivity index (χ3v) is 8.56. The first kappa shape index (κ1) is 19.9. The number of carboxylic acid groups (broad SMARTS) is 1. The van der Waals surface area contributed by atoms with Crippen molar-refractivity contribution in [3.05, 3.63) is 0 Å². The second kappa shape index (κ2) is 7.26. The van der Waals surface area contributed by atoms with Crippen molar-refractivity contribution in [1.29, 1.82) is 0 Å². The molecule has 0 aliphatic heterocycles. The molecule has 4 nitrogen and oxygen atoms in total. The normalized spacial score (nSPS) is 45.2. The monoisotopic (exact) mass is 364 g/mol. The van der Waals surface area contributed by atoms with Crippen LogP contribution in [0.25, 0.3) is 0 Å². The van der Waals surface area contributed by atoms with Crippen molar-refractivity contribution in [3.63, 3.8) is 0 Å². The summed E-state index contributed by atoms with van der Waals surface area (Å²) in [6.07, 6.45) is 8.02. The second-order valence-electron chi connectivity index (χ2n) is 9.75. The average Bonchev–Trinajstić information content (AvgIpc) is 2.88. The summed E-state index contributed by atoms with van der Waals surface area (Å²) in [5.41, 5.74) is -0.340. The highest BCUT2D eigenvalue weighted by molar-refractivity contribution is 5.87. The molecule has 0 aromatic heterocycles. The van der Waals surface area contributed by atoms with Crippen molar-refractivity contribution < 1.29 is 19.8 Å². The van der Waals surface area contributed by atoms with Crippen molar-refractivity contribution in [1.82, 2.24) is 0 Å². The number of Topliss-reactive ketones (excluding diaryl/α,β-unsaturated/α-hetero) is 1. The van der Waals surface area contributed by atoms with Gasteiger partial charge in [-0.3, -0.25) is 9.59 Å². The van der Waals surface area contributed by atoms with Gasteiger partial charge >= 0.3 is 5.97 Å². The van der Waals surface area contributed by atoms with Crippen LogP contribution >= 0.6 is 0 Å². The molecule has 0 saturated heterocycles. The van der Waals surface area contributed by atoms with Gasteiger partial charge in [0.25, 0.3) is 0 Å². The van der Waals surface area contributed by atoms with Crippen LogP contribution in [0.1, 0.15) is 85.0 Å². The van der Waals surface area contributed by atoms with Crippen LogP contribution in [-0.4, -0.2) is 28.1 Å². The molecule has 3 aliphatic carbocycles. The van der Waals surface area contributed by atoms with Crippen molar-refractivity contribution in [2.45, 2.75) is 91.1 Å². The molecule has 0 unspecified atom stereocenters. The molecule has 148 valence electrons. The predicted octanol–water partition coefficient (Wildman–Crippen LogP) is 4.44. The van der Waals surface area contributed by atoms with Crippen LogP contribution in [-0.2, 0) is 9.59 Å². The van der Waals surface area contributed by atoms with Gasteiger partial charge in [0, 0.05) is 18.3 Å². The van der Waals surface area contributed by atoms with E-state index in [0.717, 1.165) is 44.9 Å². The van der Waals surface area contributed by atoms with Gasteiger partial charge in [0.2, 0.25) is 0 Å². The quantitative estimate of drug-likeness (QED) is 0.730. The van der Waals surface area contributed by atoms with E-state index in [-0.39, 0.29) is 29.3 Å². The Bertz CT molecular complexity index is 558. The molecule has 0 radical (unpaired) electrons. The van der Waals surface area contributed by atoms with Gasteiger partial charge in [-0.05, 0) is 67.6 Å². The minimum atomic E-state index is -0.742. The molecule has 3 fully saturated rings. The smallest absolute Gasteiger partial charge is 0.303 e. The van der Waals surface area contributed by atoms with Crippen LogP contribution in [0.15, 0.2) is 0 Å². The number of rotatable bonds is 6. The van der Waals surface area contributed by atoms with Crippen LogP contribution in [0.2, 0.25) is 0 Å². The number of carboxylic acids is 1. The van der Waals surface area contributed by atoms with Crippen molar-refractivity contribution in [2.75, 3.05) is 0 Å². The summed E-state index contributed by atoms with van der Waals surface area (Å²) >= 11 is 0. The van der Waals surface area contributed by atoms with Crippen LogP contribution < -0.4 is 0 Å². The lowest BCUT2D eigenvalue weighted by Gasteiger charge is -2.59. The Hall–Kier alpha value is -0.900. The van der Waals surface area contributed by atoms with E-state index < -0.39 is 5.97 Å². The summed E-state index contributed by atoms with van der Waals surface area (Å²) in [5, 5.41) is 20.4. The molecule has 0 aromatic rings. The van der Waals surface area contributed by atoms with E-state index in [1.54, 1.807) is 0 Å². The predicted molar refractivity (Wildman–Crippen MR) is 101 cm³/mol. The fraction of sp³-hybridized carbons (Fsp3) is 0.909. The number of hydrogen-bond donors (Lipinski definition) is 2. The van der Waals surface area contributed by atoms with Gasteiger partial charge in [-0.2, -0.15) is 0 Å². The van der Waals surface area contributed by atoms with Crippen molar-refractivity contribution in [2.24, 2.45) is 34.5 Å². The highest BCUT2D eigenvalue weighted by Gasteiger charge is 2.60. The second-order valence-corrected chi connectivity index (χ2v) is 9.75. The summed E-state index contributed by atoms with van der Waals surface area (Å²) in [5.74, 6) is 1.04. The zero-order valence-corrected chi connectivity index (χ0v) is 16.7. The van der Waals surface area contributed by atoms with Gasteiger partial charge in [0.05, 0.1) is 6.10 Å². The largest absolute Gasteiger partial charge is 0.481 e. The van der Waals surface area contributed by atoms with E-state index in [0.29, 0.717) is 36.4 Å². The fourth-order valence-corrected chi connectivity index (χ4v) is 7.06. The van der Waals surface area contributed by atoms with Gasteiger partial charge in [-0.1, -0.05) is 33.6 Å². The number of carbonyl (C=O) groups excluding carboxylic acids is 1. The van der Waals surface area contributed by atoms with E-state index >= 15 is 0 Å². The molecule has 0 amide bonds. The Morgan fingerprint density at radius 1 is 1.23 bits per heavy atom. The van der Waals surface area contributed by atoms with Crippen molar-refractivity contribution in [3.8, 4) is 0 Å². The molecule has 7 atom stereocenters. The Balaban J connectivity index is 1.91. The molecule has 0 heterocycles. The number of aliphatic hydroxyl groups is 1. The molecule has 3 rings (SSSR count). The van der Waals surface area contributed by atoms with Gasteiger partial charge in [-0.25, -0.2) is 0 Å². The van der Waals surface area contributed by atoms with E-state index in [2.05, 4.69) is 20.8 Å². The third-order valence-electron chi connectivity index (χ3n) is 8.56. The van der Waals surface area contributed by atoms with Crippen LogP contribution in [0, 0.1) is 34.5 Å². The molecule has 2 N–H and O–H groups in total. The summed E-state index contributed by atoms with van der Waals surface area (Å²) in [6, 6.07) is 0. The van der Waals surface area contributed by atoms with Gasteiger partial charge in [0.15, 0.2) is 0 Å². The topological polar surface area (TPSA) is 74.6 Å². The highest BCUT2D eigenvalue weighted by Crippen LogP contribution is 2.64. The summed E-state index contributed by atoms with van der Waals surface area (Å²) in [6.45, 7) is 6.56. The molecule has 26 heavy (non-hydrogen) atoms. The number of ketones is 1. The van der Waals surface area contributed by atoms with E-state index in [1.807, 2.05) is 0 Å². The minimum Gasteiger partial charge on any atom is -0.481 e. The van der Waals surface area contributed by atoms with Gasteiger partial charge < -0.3 is 10.2 Å². The third kappa shape index (κ3) is 3.12. The number of fused-ring (bicyclic) bond motifs is 3. The first-order chi connectivity index (χ1) is 12.2. The molecule has 3 aliphatic rings. The van der Waals surface area contributed by atoms with Crippen LogP contribution in [0.3, 0.4) is 0 Å². The standard InChI is InChI=1S/C22H36O4/c1-4-5-6-17-18(23)13-14-15-7-8-19(24)22(15,3)11-9-16(14)21(17,2)12-10-20(25)26/h14-18,23H,4-13H2,1-3H3,(H,25,26)/t14-,15-,16-,17+,18-,21+,22-/m0/s1. The average molecular weight is 365 g/mol. The van der Waals surface area contributed by atoms with Gasteiger partial charge in [0.1, 0.15) is 5.78 Å². The number of aliphatic carboxylic acids is 1. The zero-order chi connectivity index (χ0) is 19.1. The SMILES string of the molecule is CCCC[C@@H]1[C@@H](O)C[C@@H]2[C@H](CC[C@]3(C)C(=O)CC[C@@H]23)[C@@]1(C)CCC(=O)O. The first-order valence-electron chi connectivity index (χ1n) is 10.7. The van der Waals surface area contributed by atoms with Gasteiger partial charge in [-0.15, -0.1) is 0 Å². The zero-order valence-electron chi connectivity index (χ0n) is 16.7. The Kier molecular flexibility index (Phi) is 5.54. The Labute approximate surface area is 157 Å². The lowest BCUT2D eigenvalue weighted by Crippen LogP contribution is -2.56. The molecule has 0 aromatic carbocycles. The van der Waals surface area contributed by atoms with E-state index in [1.165, 1.54) is 0 Å². The maximum absolute atomic E-state index is 12.5. The Morgan fingerprint density at radius 3 is 2.62 bits per heavy atom. The lowest BCUT2D eigenvalue weighted by atomic mass is 9.46. The van der Waals surface area contributed by atoms with Crippen molar-refractivity contribution >= 4 is 11.8 Å². The molecule has 0 spiro atoms. The Morgan fingerprint density at radius 2 is 1.96 bits per heavy atom. The van der Waals surface area contributed by atoms with Crippen LogP contribution in [0.5, 0.6) is 0 Å². The molecule has 4 heteroatoms. The highest BCUT2D eigenvalue weighted by atomic mass is 16.4. The number of carbonyl (C=O) groups is 2. The number of hydrogen-bond acceptors (Lipinski definition) is 3. The summed E-state index contributed by atoms with van der Waals surface area (Å²) in [4.78, 5) is 23.8. The number of aliphatic hydroxyl groups excluding tert-OH is 1. The number of unbranched alkanes of at least 4 members (excludes halogenated alkanes) is 1. The fourth-order valence-electron chi connectivity index (χ4n) is 7.06. The summed E-state index contributed by atoms with van der Waals surface area (Å²) < 4.78 is 0. The summed E-state index contributed by atoms with van der Waals surface area (Å²) in [7, 11) is 0. The molecular weight excluding hydrogens is 328 g/mol. The molecular formula is C22H36O4. The molecule has 0 bridgehead atoms. The first-order valence-corrected chi connectivity index (χ1v) is 10.7. The maximum atomic E-state index is 12.5. The maximum Gasteiger partial charge on any atom is 0.303 e.